The molecule has 2 amide bonds. The Bertz CT molecular complexity index is 838. The molecule has 0 aromatic heterocycles. The molecule has 4 rings (SSSR count). The number of benzene rings is 2. The van der Waals surface area contributed by atoms with E-state index in [1.807, 2.05) is 23.1 Å². The molecular weight excluding hydrogens is 408 g/mol. The van der Waals surface area contributed by atoms with Gasteiger partial charge in [0.05, 0.1) is 0 Å². The standard InChI is InChI=1S/C25H33ClN4O/c26-23-9-4-10-24(18-23)27-25(31)30-16-14-29(15-17-30)20-22-8-5-12-28(19-22)13-11-21-6-2-1-3-7-21/h1-4,6-7,9-10,18,22H,5,8,11-17,19-20H2,(H,27,31). The van der Waals surface area contributed by atoms with Crippen molar-refractivity contribution in [3.63, 3.8) is 0 Å². The second-order valence-corrected chi connectivity index (χ2v) is 9.21. The third-order valence-electron chi connectivity index (χ3n) is 6.41. The molecule has 31 heavy (non-hydrogen) atoms. The molecule has 2 aromatic carbocycles. The van der Waals surface area contributed by atoms with Gasteiger partial charge in [0.25, 0.3) is 0 Å². The van der Waals surface area contributed by atoms with Crippen molar-refractivity contribution in [2.24, 2.45) is 5.92 Å². The van der Waals surface area contributed by atoms with Crippen LogP contribution >= 0.6 is 11.6 Å². The zero-order valence-electron chi connectivity index (χ0n) is 18.2. The van der Waals surface area contributed by atoms with Crippen LogP contribution in [0.2, 0.25) is 5.02 Å². The molecule has 166 valence electrons. The minimum absolute atomic E-state index is 0.0355. The number of likely N-dealkylation sites (tertiary alicyclic amines) is 1. The summed E-state index contributed by atoms with van der Waals surface area (Å²) in [5.41, 5.74) is 2.18. The second kappa shape index (κ2) is 11.0. The summed E-state index contributed by atoms with van der Waals surface area (Å²) in [5.74, 6) is 0.733. The first-order valence-corrected chi connectivity index (χ1v) is 11.8. The first kappa shape index (κ1) is 22.1. The number of carbonyl (C=O) groups is 1. The highest BCUT2D eigenvalue weighted by atomic mass is 35.5. The molecular formula is C25H33ClN4O. The molecule has 2 fully saturated rings. The number of hydrogen-bond donors (Lipinski definition) is 1. The highest BCUT2D eigenvalue weighted by Crippen LogP contribution is 2.20. The van der Waals surface area contributed by atoms with E-state index >= 15 is 0 Å². The van der Waals surface area contributed by atoms with Crippen LogP contribution in [0.25, 0.3) is 0 Å². The molecule has 2 aromatic rings. The van der Waals surface area contributed by atoms with E-state index in [4.69, 9.17) is 11.6 Å². The molecule has 0 spiro atoms. The minimum atomic E-state index is -0.0355. The van der Waals surface area contributed by atoms with Gasteiger partial charge in [-0.25, -0.2) is 4.79 Å². The minimum Gasteiger partial charge on any atom is -0.322 e. The summed E-state index contributed by atoms with van der Waals surface area (Å²) in [4.78, 5) is 19.6. The van der Waals surface area contributed by atoms with Crippen LogP contribution in [0.5, 0.6) is 0 Å². The molecule has 0 saturated carbocycles. The summed E-state index contributed by atoms with van der Waals surface area (Å²) in [6, 6.07) is 18.1. The van der Waals surface area contributed by atoms with Crippen LogP contribution in [-0.2, 0) is 6.42 Å². The van der Waals surface area contributed by atoms with Gasteiger partial charge in [-0.05, 0) is 55.5 Å². The van der Waals surface area contributed by atoms with Crippen molar-refractivity contribution in [2.75, 3.05) is 57.7 Å². The van der Waals surface area contributed by atoms with Gasteiger partial charge in [-0.15, -0.1) is 0 Å². The Morgan fingerprint density at radius 3 is 2.55 bits per heavy atom. The van der Waals surface area contributed by atoms with Crippen LogP contribution in [0.1, 0.15) is 18.4 Å². The molecule has 6 heteroatoms. The van der Waals surface area contributed by atoms with E-state index in [-0.39, 0.29) is 6.03 Å². The number of anilines is 1. The van der Waals surface area contributed by atoms with E-state index in [9.17, 15) is 4.79 Å². The van der Waals surface area contributed by atoms with E-state index in [1.165, 1.54) is 31.5 Å². The molecule has 2 aliphatic rings. The number of rotatable bonds is 6. The topological polar surface area (TPSA) is 38.8 Å². The predicted octanol–water partition coefficient (Wildman–Crippen LogP) is 4.44. The Balaban J connectivity index is 1.18. The lowest BCUT2D eigenvalue weighted by Gasteiger charge is -2.39. The van der Waals surface area contributed by atoms with Crippen molar-refractivity contribution < 1.29 is 4.79 Å². The fraction of sp³-hybridized carbons (Fsp3) is 0.480. The summed E-state index contributed by atoms with van der Waals surface area (Å²) in [5, 5.41) is 3.59. The number of nitrogens with zero attached hydrogens (tertiary/aromatic N) is 3. The fourth-order valence-electron chi connectivity index (χ4n) is 4.70. The third kappa shape index (κ3) is 6.70. The highest BCUT2D eigenvalue weighted by Gasteiger charge is 2.26. The Labute approximate surface area is 191 Å². The third-order valence-corrected chi connectivity index (χ3v) is 6.65. The van der Waals surface area contributed by atoms with E-state index < -0.39 is 0 Å². The van der Waals surface area contributed by atoms with Crippen molar-refractivity contribution in [3.8, 4) is 0 Å². The van der Waals surface area contributed by atoms with E-state index in [0.717, 1.165) is 57.3 Å². The molecule has 0 radical (unpaired) electrons. The van der Waals surface area contributed by atoms with Crippen LogP contribution < -0.4 is 5.32 Å². The van der Waals surface area contributed by atoms with E-state index in [1.54, 1.807) is 6.07 Å². The second-order valence-electron chi connectivity index (χ2n) is 8.77. The number of amides is 2. The van der Waals surface area contributed by atoms with Gasteiger partial charge in [-0.3, -0.25) is 4.90 Å². The van der Waals surface area contributed by atoms with Crippen LogP contribution in [0, 0.1) is 5.92 Å². The molecule has 0 aliphatic carbocycles. The maximum Gasteiger partial charge on any atom is 0.321 e. The Morgan fingerprint density at radius 2 is 1.77 bits per heavy atom. The van der Waals surface area contributed by atoms with Gasteiger partial charge in [0.2, 0.25) is 0 Å². The van der Waals surface area contributed by atoms with Gasteiger partial charge >= 0.3 is 6.03 Å². The quantitative estimate of drug-likeness (QED) is 0.721. The van der Waals surface area contributed by atoms with Gasteiger partial charge in [0.15, 0.2) is 0 Å². The first-order chi connectivity index (χ1) is 15.2. The molecule has 1 N–H and O–H groups in total. The number of hydrogen-bond acceptors (Lipinski definition) is 3. The van der Waals surface area contributed by atoms with Crippen molar-refractivity contribution in [1.29, 1.82) is 0 Å². The Hall–Kier alpha value is -2.08. The number of halogens is 1. The van der Waals surface area contributed by atoms with Crippen molar-refractivity contribution in [3.05, 3.63) is 65.2 Å². The molecule has 1 atom stereocenters. The summed E-state index contributed by atoms with van der Waals surface area (Å²) < 4.78 is 0. The number of nitrogens with one attached hydrogen (secondary N) is 1. The van der Waals surface area contributed by atoms with Crippen LogP contribution in [0.3, 0.4) is 0 Å². The lowest BCUT2D eigenvalue weighted by Crippen LogP contribution is -2.52. The lowest BCUT2D eigenvalue weighted by atomic mass is 9.96. The monoisotopic (exact) mass is 440 g/mol. The summed E-state index contributed by atoms with van der Waals surface area (Å²) in [6.45, 7) is 8.16. The van der Waals surface area contributed by atoms with Crippen molar-refractivity contribution in [2.45, 2.75) is 19.3 Å². The van der Waals surface area contributed by atoms with Gasteiger partial charge in [0, 0.05) is 56.5 Å². The lowest BCUT2D eigenvalue weighted by molar-refractivity contribution is 0.101. The normalized spacial score (nSPS) is 20.5. The number of piperidine rings is 1. The summed E-state index contributed by atoms with van der Waals surface area (Å²) >= 11 is 6.01. The van der Waals surface area contributed by atoms with Crippen LogP contribution in [0.15, 0.2) is 54.6 Å². The summed E-state index contributed by atoms with van der Waals surface area (Å²) in [7, 11) is 0. The predicted molar refractivity (Wildman–Crippen MR) is 128 cm³/mol. The Kier molecular flexibility index (Phi) is 7.84. The molecule has 0 bridgehead atoms. The van der Waals surface area contributed by atoms with Crippen molar-refractivity contribution in [1.82, 2.24) is 14.7 Å². The summed E-state index contributed by atoms with van der Waals surface area (Å²) in [6.07, 6.45) is 3.74. The zero-order valence-corrected chi connectivity index (χ0v) is 18.9. The fourth-order valence-corrected chi connectivity index (χ4v) is 4.89. The van der Waals surface area contributed by atoms with E-state index in [2.05, 4.69) is 45.4 Å². The molecule has 5 nitrogen and oxygen atoms in total. The zero-order chi connectivity index (χ0) is 21.5. The molecule has 2 saturated heterocycles. The smallest absolute Gasteiger partial charge is 0.321 e. The first-order valence-electron chi connectivity index (χ1n) is 11.5. The maximum atomic E-state index is 12.6. The largest absolute Gasteiger partial charge is 0.322 e. The van der Waals surface area contributed by atoms with Crippen LogP contribution in [-0.4, -0.2) is 73.1 Å². The number of urea groups is 1. The van der Waals surface area contributed by atoms with Gasteiger partial charge < -0.3 is 15.1 Å². The number of piperazine rings is 1. The average Bonchev–Trinajstić information content (AvgIpc) is 2.79. The van der Waals surface area contributed by atoms with E-state index in [0.29, 0.717) is 5.02 Å². The Morgan fingerprint density at radius 1 is 0.968 bits per heavy atom. The average molecular weight is 441 g/mol. The SMILES string of the molecule is O=C(Nc1cccc(Cl)c1)N1CCN(CC2CCCN(CCc3ccccc3)C2)CC1. The molecule has 1 unspecified atom stereocenters. The van der Waals surface area contributed by atoms with Gasteiger partial charge in [0.1, 0.15) is 0 Å². The number of carbonyl (C=O) groups excluding carboxylic acids is 1. The van der Waals surface area contributed by atoms with Crippen LogP contribution in [0.4, 0.5) is 10.5 Å². The highest BCUT2D eigenvalue weighted by molar-refractivity contribution is 6.30. The maximum absolute atomic E-state index is 12.6. The van der Waals surface area contributed by atoms with Gasteiger partial charge in [-0.2, -0.15) is 0 Å². The molecule has 2 heterocycles. The van der Waals surface area contributed by atoms with Crippen molar-refractivity contribution >= 4 is 23.3 Å². The van der Waals surface area contributed by atoms with Gasteiger partial charge in [-0.1, -0.05) is 48.0 Å². The molecule has 2 aliphatic heterocycles.